The lowest BCUT2D eigenvalue weighted by atomic mass is 10.1. The van der Waals surface area contributed by atoms with E-state index in [4.69, 9.17) is 4.74 Å². The van der Waals surface area contributed by atoms with Crippen LogP contribution in [0.3, 0.4) is 0 Å². The molecule has 0 radical (unpaired) electrons. The molecule has 20 heavy (non-hydrogen) atoms. The molecule has 0 amide bonds. The second kappa shape index (κ2) is 7.53. The lowest BCUT2D eigenvalue weighted by Crippen LogP contribution is -2.34. The summed E-state index contributed by atoms with van der Waals surface area (Å²) < 4.78 is 5.83. The summed E-state index contributed by atoms with van der Waals surface area (Å²) in [5.74, 6) is 1.04. The lowest BCUT2D eigenvalue weighted by molar-refractivity contribution is 0.322. The molecule has 1 aliphatic heterocycles. The molecule has 1 heterocycles. The van der Waals surface area contributed by atoms with Gasteiger partial charge in [0, 0.05) is 18.6 Å². The van der Waals surface area contributed by atoms with Crippen molar-refractivity contribution >= 4 is 5.69 Å². The van der Waals surface area contributed by atoms with Gasteiger partial charge in [-0.15, -0.1) is 0 Å². The quantitative estimate of drug-likeness (QED) is 0.806. The third-order valence-electron chi connectivity index (χ3n) is 3.86. The average Bonchev–Trinajstić information content (AvgIpc) is 2.65. The number of nitrogens with zero attached hydrogens (tertiary/aromatic N) is 1. The molecule has 3 nitrogen and oxygen atoms in total. The van der Waals surface area contributed by atoms with Crippen LogP contribution in [-0.2, 0) is 0 Å². The molecule has 1 aliphatic rings. The monoisotopic (exact) mass is 276 g/mol. The topological polar surface area (TPSA) is 24.5 Å². The van der Waals surface area contributed by atoms with Crippen LogP contribution < -0.4 is 15.0 Å². The molecule has 0 saturated carbocycles. The molecule has 3 heteroatoms. The van der Waals surface area contributed by atoms with Crippen LogP contribution in [0.1, 0.15) is 40.0 Å². The van der Waals surface area contributed by atoms with E-state index in [2.05, 4.69) is 55.3 Å². The summed E-state index contributed by atoms with van der Waals surface area (Å²) in [5, 5.41) is 3.49. The number of nitrogens with one attached hydrogen (secondary N) is 1. The second-order valence-electron chi connectivity index (χ2n) is 5.96. The Hall–Kier alpha value is -1.22. The molecule has 0 saturated heterocycles. The van der Waals surface area contributed by atoms with Crippen LogP contribution in [0.5, 0.6) is 5.75 Å². The summed E-state index contributed by atoms with van der Waals surface area (Å²) in [7, 11) is 0. The number of rotatable bonds is 6. The van der Waals surface area contributed by atoms with Gasteiger partial charge < -0.3 is 15.0 Å². The largest absolute Gasteiger partial charge is 0.491 e. The van der Waals surface area contributed by atoms with Gasteiger partial charge in [-0.05, 0) is 44.9 Å². The van der Waals surface area contributed by atoms with Crippen molar-refractivity contribution < 1.29 is 4.74 Å². The van der Waals surface area contributed by atoms with Crippen LogP contribution in [0.25, 0.3) is 0 Å². The van der Waals surface area contributed by atoms with Crippen molar-refractivity contribution in [1.29, 1.82) is 0 Å². The van der Waals surface area contributed by atoms with Gasteiger partial charge in [-0.2, -0.15) is 0 Å². The van der Waals surface area contributed by atoms with E-state index in [0.29, 0.717) is 12.1 Å². The minimum absolute atomic E-state index is 0.562. The van der Waals surface area contributed by atoms with Crippen LogP contribution >= 0.6 is 0 Å². The van der Waals surface area contributed by atoms with Gasteiger partial charge in [-0.3, -0.25) is 0 Å². The number of fused-ring (bicyclic) bond motifs is 1. The predicted molar refractivity (Wildman–Crippen MR) is 85.7 cm³/mol. The molecule has 1 atom stereocenters. The Labute approximate surface area is 123 Å². The Morgan fingerprint density at radius 1 is 1.25 bits per heavy atom. The number of benzene rings is 1. The van der Waals surface area contributed by atoms with Crippen LogP contribution in [0.4, 0.5) is 5.69 Å². The number of hydrogen-bond acceptors (Lipinski definition) is 3. The zero-order valence-electron chi connectivity index (χ0n) is 13.1. The van der Waals surface area contributed by atoms with Crippen LogP contribution in [0.2, 0.25) is 0 Å². The van der Waals surface area contributed by atoms with Crippen molar-refractivity contribution in [3.05, 3.63) is 24.3 Å². The molecule has 0 aliphatic carbocycles. The van der Waals surface area contributed by atoms with E-state index >= 15 is 0 Å². The summed E-state index contributed by atoms with van der Waals surface area (Å²) in [4.78, 5) is 2.51. The molecule has 1 N–H and O–H groups in total. The zero-order valence-corrected chi connectivity index (χ0v) is 13.1. The maximum absolute atomic E-state index is 5.83. The Bertz CT molecular complexity index is 406. The van der Waals surface area contributed by atoms with E-state index in [1.54, 1.807) is 0 Å². The summed E-state index contributed by atoms with van der Waals surface area (Å²) in [6.07, 6.45) is 3.54. The van der Waals surface area contributed by atoms with Crippen LogP contribution in [-0.4, -0.2) is 31.8 Å². The third-order valence-corrected chi connectivity index (χ3v) is 3.86. The molecule has 2 rings (SSSR count). The van der Waals surface area contributed by atoms with E-state index in [9.17, 15) is 0 Å². The highest BCUT2D eigenvalue weighted by Crippen LogP contribution is 2.32. The Morgan fingerprint density at radius 2 is 2.05 bits per heavy atom. The third kappa shape index (κ3) is 4.14. The Balaban J connectivity index is 1.93. The van der Waals surface area contributed by atoms with Crippen LogP contribution in [0, 0.1) is 0 Å². The average molecular weight is 276 g/mol. The van der Waals surface area contributed by atoms with Crippen molar-refractivity contribution in [3.8, 4) is 5.75 Å². The standard InChI is InChI=1S/C17H28N2O/c1-14(2)18-11-6-8-15(3)19-12-7-13-20-17-10-5-4-9-16(17)19/h4-5,9-10,14-15,18H,6-8,11-13H2,1-3H3. The van der Waals surface area contributed by atoms with E-state index in [0.717, 1.165) is 31.9 Å². The number of hydrogen-bond donors (Lipinski definition) is 1. The Kier molecular flexibility index (Phi) is 5.72. The molecule has 0 spiro atoms. The minimum Gasteiger partial charge on any atom is -0.491 e. The maximum atomic E-state index is 5.83. The van der Waals surface area contributed by atoms with E-state index in [1.807, 2.05) is 0 Å². The van der Waals surface area contributed by atoms with Crippen molar-refractivity contribution in [3.63, 3.8) is 0 Å². The van der Waals surface area contributed by atoms with Gasteiger partial charge in [0.05, 0.1) is 12.3 Å². The van der Waals surface area contributed by atoms with E-state index in [-0.39, 0.29) is 0 Å². The van der Waals surface area contributed by atoms with Gasteiger partial charge in [0.15, 0.2) is 0 Å². The molecule has 1 aromatic rings. The lowest BCUT2D eigenvalue weighted by Gasteiger charge is -2.30. The molecule has 1 unspecified atom stereocenters. The summed E-state index contributed by atoms with van der Waals surface area (Å²) in [5.41, 5.74) is 1.26. The van der Waals surface area contributed by atoms with Crippen molar-refractivity contribution in [2.45, 2.75) is 52.1 Å². The first kappa shape index (κ1) is 15.2. The first-order valence-corrected chi connectivity index (χ1v) is 7.90. The smallest absolute Gasteiger partial charge is 0.142 e. The summed E-state index contributed by atoms with van der Waals surface area (Å²) >= 11 is 0. The second-order valence-corrected chi connectivity index (χ2v) is 5.96. The molecule has 0 aromatic heterocycles. The fourth-order valence-electron chi connectivity index (χ4n) is 2.76. The normalized spacial score (nSPS) is 16.5. The number of ether oxygens (including phenoxy) is 1. The SMILES string of the molecule is CC(C)NCCCC(C)N1CCCOc2ccccc21. The molecule has 0 fully saturated rings. The zero-order chi connectivity index (χ0) is 14.4. The first-order valence-electron chi connectivity index (χ1n) is 7.90. The fraction of sp³-hybridized carbons (Fsp3) is 0.647. The maximum Gasteiger partial charge on any atom is 0.142 e. The molecular formula is C17H28N2O. The number of anilines is 1. The first-order chi connectivity index (χ1) is 9.68. The van der Waals surface area contributed by atoms with Crippen molar-refractivity contribution in [2.75, 3.05) is 24.6 Å². The number of para-hydroxylation sites is 2. The Morgan fingerprint density at radius 3 is 2.85 bits per heavy atom. The molecular weight excluding hydrogens is 248 g/mol. The van der Waals surface area contributed by atoms with E-state index in [1.165, 1.54) is 18.5 Å². The highest BCUT2D eigenvalue weighted by atomic mass is 16.5. The van der Waals surface area contributed by atoms with Gasteiger partial charge in [0.1, 0.15) is 5.75 Å². The molecule has 1 aromatic carbocycles. The predicted octanol–water partition coefficient (Wildman–Crippen LogP) is 3.44. The van der Waals surface area contributed by atoms with Gasteiger partial charge >= 0.3 is 0 Å². The highest BCUT2D eigenvalue weighted by Gasteiger charge is 2.20. The molecule has 112 valence electrons. The van der Waals surface area contributed by atoms with Crippen LogP contribution in [0.15, 0.2) is 24.3 Å². The van der Waals surface area contributed by atoms with E-state index < -0.39 is 0 Å². The molecule has 0 bridgehead atoms. The summed E-state index contributed by atoms with van der Waals surface area (Å²) in [6, 6.07) is 9.57. The van der Waals surface area contributed by atoms with Gasteiger partial charge in [0.2, 0.25) is 0 Å². The van der Waals surface area contributed by atoms with Gasteiger partial charge in [-0.25, -0.2) is 0 Å². The van der Waals surface area contributed by atoms with Crippen molar-refractivity contribution in [2.24, 2.45) is 0 Å². The van der Waals surface area contributed by atoms with Gasteiger partial charge in [-0.1, -0.05) is 26.0 Å². The minimum atomic E-state index is 0.562. The van der Waals surface area contributed by atoms with Gasteiger partial charge in [0.25, 0.3) is 0 Å². The van der Waals surface area contributed by atoms with Crippen molar-refractivity contribution in [1.82, 2.24) is 5.32 Å². The fourth-order valence-corrected chi connectivity index (χ4v) is 2.76. The highest BCUT2D eigenvalue weighted by molar-refractivity contribution is 5.59. The summed E-state index contributed by atoms with van der Waals surface area (Å²) in [6.45, 7) is 9.76.